The van der Waals surface area contributed by atoms with E-state index in [-0.39, 0.29) is 5.91 Å². The molecule has 0 atom stereocenters. The minimum absolute atomic E-state index is 0.0814. The number of thiol groups is 1. The molecule has 1 amide bonds. The first kappa shape index (κ1) is 12.8. The molecule has 4 nitrogen and oxygen atoms in total. The van der Waals surface area contributed by atoms with Gasteiger partial charge in [-0.25, -0.2) is 0 Å². The maximum Gasteiger partial charge on any atom is 0.221 e. The summed E-state index contributed by atoms with van der Waals surface area (Å²) in [6.07, 6.45) is 0.532. The molecule has 3 N–H and O–H groups in total. The normalized spacial score (nSPS) is 10.4. The molecule has 13 heavy (non-hydrogen) atoms. The van der Waals surface area contributed by atoms with Crippen LogP contribution in [0.25, 0.3) is 0 Å². The molecule has 0 fully saturated rings. The van der Waals surface area contributed by atoms with Crippen molar-refractivity contribution in [2.75, 3.05) is 31.9 Å². The van der Waals surface area contributed by atoms with E-state index in [1.165, 1.54) is 0 Å². The van der Waals surface area contributed by atoms with Gasteiger partial charge >= 0.3 is 0 Å². The molecule has 0 aliphatic heterocycles. The maximum atomic E-state index is 11.1. The van der Waals surface area contributed by atoms with Gasteiger partial charge in [0.2, 0.25) is 5.91 Å². The number of amides is 1. The number of carbonyl (C=O) groups is 1. The van der Waals surface area contributed by atoms with Gasteiger partial charge in [0.05, 0.1) is 0 Å². The van der Waals surface area contributed by atoms with Gasteiger partial charge in [-0.15, -0.1) is 0 Å². The summed E-state index contributed by atoms with van der Waals surface area (Å²) in [5.74, 6) is 0.766. The highest BCUT2D eigenvalue weighted by atomic mass is 32.1. The van der Waals surface area contributed by atoms with Crippen LogP contribution in [0.1, 0.15) is 6.42 Å². The Morgan fingerprint density at radius 2 is 2.23 bits per heavy atom. The number of nitrogens with one attached hydrogen (secondary N) is 1. The molecular weight excluding hydrogens is 185 g/mol. The van der Waals surface area contributed by atoms with Crippen LogP contribution < -0.4 is 11.1 Å². The van der Waals surface area contributed by atoms with Gasteiger partial charge in [-0.05, 0) is 13.1 Å². The van der Waals surface area contributed by atoms with Gasteiger partial charge in [0.15, 0.2) is 7.98 Å². The molecule has 0 aliphatic carbocycles. The Hall–Kier alpha value is -0.195. The van der Waals surface area contributed by atoms with Gasteiger partial charge in [-0.1, -0.05) is 0 Å². The molecule has 0 saturated heterocycles. The quantitative estimate of drug-likeness (QED) is 0.339. The fourth-order valence-corrected chi connectivity index (χ4v) is 1.02. The first-order valence-corrected chi connectivity index (χ1v) is 5.10. The number of carbonyl (C=O) groups excluding carboxylic acids is 1. The third-order valence-electron chi connectivity index (χ3n) is 1.67. The topological polar surface area (TPSA) is 58.4 Å². The molecule has 0 spiro atoms. The van der Waals surface area contributed by atoms with E-state index < -0.39 is 0 Å². The smallest absolute Gasteiger partial charge is 0.221 e. The Labute approximate surface area is 86.1 Å². The lowest BCUT2D eigenvalue weighted by Crippen LogP contribution is -2.32. The molecule has 6 heteroatoms. The third kappa shape index (κ3) is 8.14. The van der Waals surface area contributed by atoms with Crippen LogP contribution in [-0.4, -0.2) is 50.6 Å². The van der Waals surface area contributed by atoms with Crippen LogP contribution in [-0.2, 0) is 4.79 Å². The first-order valence-electron chi connectivity index (χ1n) is 4.47. The SMILES string of the molecule is BN(CCN)CCC(=O)NCCS. The van der Waals surface area contributed by atoms with E-state index in [0.29, 0.717) is 25.3 Å². The van der Waals surface area contributed by atoms with Crippen LogP contribution in [0, 0.1) is 0 Å². The molecule has 0 heterocycles. The van der Waals surface area contributed by atoms with Gasteiger partial charge in [-0.2, -0.15) is 12.6 Å². The molecule has 0 saturated carbocycles. The third-order valence-corrected chi connectivity index (χ3v) is 1.89. The van der Waals surface area contributed by atoms with E-state index in [1.54, 1.807) is 0 Å². The highest BCUT2D eigenvalue weighted by Gasteiger charge is 2.02. The lowest BCUT2D eigenvalue weighted by molar-refractivity contribution is -0.121. The van der Waals surface area contributed by atoms with Crippen molar-refractivity contribution in [3.63, 3.8) is 0 Å². The molecule has 0 bridgehead atoms. The van der Waals surface area contributed by atoms with Crippen LogP contribution >= 0.6 is 12.6 Å². The van der Waals surface area contributed by atoms with Crippen molar-refractivity contribution in [2.45, 2.75) is 6.42 Å². The molecule has 0 rings (SSSR count). The van der Waals surface area contributed by atoms with E-state index in [2.05, 4.69) is 17.9 Å². The van der Waals surface area contributed by atoms with Crippen LogP contribution in [0.15, 0.2) is 0 Å². The number of rotatable bonds is 7. The summed E-state index contributed by atoms with van der Waals surface area (Å²) in [6, 6.07) is 0. The first-order chi connectivity index (χ1) is 6.20. The second-order valence-corrected chi connectivity index (χ2v) is 3.36. The molecule has 0 aliphatic rings. The Bertz CT molecular complexity index is 148. The number of nitrogens with two attached hydrogens (primary N) is 1. The van der Waals surface area contributed by atoms with Crippen LogP contribution in [0.5, 0.6) is 0 Å². The summed E-state index contributed by atoms with van der Waals surface area (Å²) in [5.41, 5.74) is 5.36. The van der Waals surface area contributed by atoms with Crippen molar-refractivity contribution >= 4 is 26.5 Å². The van der Waals surface area contributed by atoms with Crippen molar-refractivity contribution in [1.82, 2.24) is 10.1 Å². The molecule has 76 valence electrons. The minimum atomic E-state index is 0.0814. The Morgan fingerprint density at radius 1 is 1.54 bits per heavy atom. The van der Waals surface area contributed by atoms with E-state index in [0.717, 1.165) is 13.1 Å². The van der Waals surface area contributed by atoms with Gasteiger partial charge in [-0.3, -0.25) is 4.79 Å². The largest absolute Gasteiger partial charge is 0.355 e. The van der Waals surface area contributed by atoms with Crippen molar-refractivity contribution in [3.05, 3.63) is 0 Å². The van der Waals surface area contributed by atoms with Gasteiger partial charge in [0.1, 0.15) is 0 Å². The zero-order valence-corrected chi connectivity index (χ0v) is 9.02. The fraction of sp³-hybridized carbons (Fsp3) is 0.857. The zero-order valence-electron chi connectivity index (χ0n) is 8.12. The summed E-state index contributed by atoms with van der Waals surface area (Å²) >= 11 is 4.00. The number of hydrogen-bond acceptors (Lipinski definition) is 4. The number of nitrogens with zero attached hydrogens (tertiary/aromatic N) is 1. The lowest BCUT2D eigenvalue weighted by atomic mass is 10.2. The average Bonchev–Trinajstić information content (AvgIpc) is 2.12. The summed E-state index contributed by atoms with van der Waals surface area (Å²) < 4.78 is 0. The van der Waals surface area contributed by atoms with E-state index in [1.807, 2.05) is 12.8 Å². The van der Waals surface area contributed by atoms with Gasteiger partial charge < -0.3 is 15.9 Å². The molecule has 0 aromatic carbocycles. The fourth-order valence-electron chi connectivity index (χ4n) is 0.908. The summed E-state index contributed by atoms with van der Waals surface area (Å²) in [7, 11) is 1.96. The zero-order chi connectivity index (χ0) is 10.1. The second kappa shape index (κ2) is 8.41. The van der Waals surface area contributed by atoms with Crippen LogP contribution in [0.2, 0.25) is 0 Å². The van der Waals surface area contributed by atoms with Gasteiger partial charge in [0, 0.05) is 25.3 Å². The Morgan fingerprint density at radius 3 is 2.77 bits per heavy atom. The highest BCUT2D eigenvalue weighted by Crippen LogP contribution is 1.85. The molecule has 0 aromatic heterocycles. The van der Waals surface area contributed by atoms with Crippen molar-refractivity contribution in [1.29, 1.82) is 0 Å². The van der Waals surface area contributed by atoms with E-state index in [4.69, 9.17) is 5.73 Å². The molecule has 0 unspecified atom stereocenters. The molecular formula is C7H18BN3OS. The highest BCUT2D eigenvalue weighted by molar-refractivity contribution is 7.80. The predicted molar refractivity (Wildman–Crippen MR) is 60.7 cm³/mol. The Balaban J connectivity index is 3.34. The Kier molecular flexibility index (Phi) is 8.28. The van der Waals surface area contributed by atoms with Crippen molar-refractivity contribution in [3.8, 4) is 0 Å². The monoisotopic (exact) mass is 203 g/mol. The molecule has 0 radical (unpaired) electrons. The van der Waals surface area contributed by atoms with Crippen LogP contribution in [0.4, 0.5) is 0 Å². The standard InChI is InChI=1S/C7H18BN3OS/c8-11(5-2-9)4-1-7(12)10-3-6-13/h13H,1-6,8-9H2,(H,10,12). The van der Waals surface area contributed by atoms with Gasteiger partial charge in [0.25, 0.3) is 0 Å². The second-order valence-electron chi connectivity index (χ2n) is 2.92. The average molecular weight is 203 g/mol. The van der Waals surface area contributed by atoms with Crippen molar-refractivity contribution < 1.29 is 4.79 Å². The predicted octanol–water partition coefficient (Wildman–Crippen LogP) is -1.77. The molecule has 0 aromatic rings. The lowest BCUT2D eigenvalue weighted by Gasteiger charge is -2.14. The van der Waals surface area contributed by atoms with E-state index >= 15 is 0 Å². The van der Waals surface area contributed by atoms with Crippen LogP contribution in [0.3, 0.4) is 0 Å². The maximum absolute atomic E-state index is 11.1. The summed E-state index contributed by atoms with van der Waals surface area (Å²) in [6.45, 7) is 2.87. The minimum Gasteiger partial charge on any atom is -0.355 e. The number of hydrogen-bond donors (Lipinski definition) is 3. The summed E-state index contributed by atoms with van der Waals surface area (Å²) in [4.78, 5) is 13.1. The summed E-state index contributed by atoms with van der Waals surface area (Å²) in [5, 5.41) is 2.76. The van der Waals surface area contributed by atoms with E-state index in [9.17, 15) is 4.79 Å². The van der Waals surface area contributed by atoms with Crippen molar-refractivity contribution in [2.24, 2.45) is 5.73 Å².